The molecule has 0 aliphatic heterocycles. The van der Waals surface area contributed by atoms with E-state index in [9.17, 15) is 13.4 Å². The van der Waals surface area contributed by atoms with Crippen LogP contribution in [-0.2, 0) is 23.4 Å². The monoisotopic (exact) mass is 357 g/mol. The van der Waals surface area contributed by atoms with E-state index >= 15 is 0 Å². The molecule has 2 rings (SSSR count). The number of primary amides is 1. The van der Waals surface area contributed by atoms with E-state index in [1.165, 1.54) is 22.9 Å². The highest BCUT2D eigenvalue weighted by molar-refractivity contribution is 7.78. The smallest absolute Gasteiger partial charge is 0.252 e. The predicted octanol–water partition coefficient (Wildman–Crippen LogP) is 1.63. The Hall–Kier alpha value is -2.03. The second kappa shape index (κ2) is 7.03. The standard InChI is InChI=1S/C14H13ClFN3O3S/c15-10-4-12(14(18)20)13(17)19(6-10)5-8-1-9(7-23(21)22)3-11(16)2-8/h1-4,6,17H,5,7H2,(H2,18,20)(H,21,22). The summed E-state index contributed by atoms with van der Waals surface area (Å²) in [5.74, 6) is -1.56. The Kier molecular flexibility index (Phi) is 5.30. The normalized spacial score (nSPS) is 12.1. The zero-order valence-corrected chi connectivity index (χ0v) is 13.3. The maximum Gasteiger partial charge on any atom is 0.252 e. The molecule has 1 aromatic carbocycles. The van der Waals surface area contributed by atoms with Crippen molar-refractivity contribution >= 4 is 28.6 Å². The first-order chi connectivity index (χ1) is 10.8. The lowest BCUT2D eigenvalue weighted by Gasteiger charge is -2.11. The molecule has 0 saturated heterocycles. The van der Waals surface area contributed by atoms with E-state index < -0.39 is 22.8 Å². The fourth-order valence-corrected chi connectivity index (χ4v) is 2.83. The molecule has 0 fully saturated rings. The largest absolute Gasteiger partial charge is 0.365 e. The predicted molar refractivity (Wildman–Crippen MR) is 83.8 cm³/mol. The summed E-state index contributed by atoms with van der Waals surface area (Å²) < 4.78 is 34.7. The van der Waals surface area contributed by atoms with Gasteiger partial charge in [-0.05, 0) is 29.3 Å². The van der Waals surface area contributed by atoms with Crippen LogP contribution in [0.1, 0.15) is 21.5 Å². The van der Waals surface area contributed by atoms with Crippen LogP contribution >= 0.6 is 11.6 Å². The summed E-state index contributed by atoms with van der Waals surface area (Å²) in [5, 5.41) is 8.18. The van der Waals surface area contributed by atoms with Crippen molar-refractivity contribution in [3.05, 3.63) is 63.5 Å². The van der Waals surface area contributed by atoms with Gasteiger partial charge in [0.15, 0.2) is 11.1 Å². The van der Waals surface area contributed by atoms with Crippen LogP contribution in [0.4, 0.5) is 4.39 Å². The van der Waals surface area contributed by atoms with Crippen LogP contribution in [0.25, 0.3) is 0 Å². The van der Waals surface area contributed by atoms with Gasteiger partial charge in [-0.2, -0.15) is 0 Å². The number of nitrogens with two attached hydrogens (primary N) is 1. The first-order valence-corrected chi connectivity index (χ1v) is 8.02. The van der Waals surface area contributed by atoms with Crippen LogP contribution in [0.5, 0.6) is 0 Å². The van der Waals surface area contributed by atoms with Crippen LogP contribution in [0.15, 0.2) is 30.5 Å². The minimum absolute atomic E-state index is 0.0504. The highest BCUT2D eigenvalue weighted by atomic mass is 35.5. The quantitative estimate of drug-likeness (QED) is 0.707. The lowest BCUT2D eigenvalue weighted by molar-refractivity contribution is 0.0997. The highest BCUT2D eigenvalue weighted by Gasteiger charge is 2.10. The molecular weight excluding hydrogens is 345 g/mol. The number of rotatable bonds is 5. The molecule has 0 saturated carbocycles. The van der Waals surface area contributed by atoms with Crippen molar-refractivity contribution in [3.8, 4) is 0 Å². The number of nitrogens with one attached hydrogen (secondary N) is 1. The van der Waals surface area contributed by atoms with Crippen molar-refractivity contribution < 1.29 is 17.9 Å². The Morgan fingerprint density at radius 2 is 2.00 bits per heavy atom. The van der Waals surface area contributed by atoms with Gasteiger partial charge in [-0.15, -0.1) is 0 Å². The van der Waals surface area contributed by atoms with Gasteiger partial charge in [-0.3, -0.25) is 10.2 Å². The topological polar surface area (TPSA) is 109 Å². The molecule has 0 radical (unpaired) electrons. The number of aromatic nitrogens is 1. The summed E-state index contributed by atoms with van der Waals surface area (Å²) in [5.41, 5.74) is 5.80. The first-order valence-electron chi connectivity index (χ1n) is 6.36. The molecule has 23 heavy (non-hydrogen) atoms. The lowest BCUT2D eigenvalue weighted by Crippen LogP contribution is -2.29. The summed E-state index contributed by atoms with van der Waals surface area (Å²) in [6.45, 7) is 0.0580. The fourth-order valence-electron chi connectivity index (χ4n) is 2.16. The van der Waals surface area contributed by atoms with Gasteiger partial charge in [0.05, 0.1) is 16.3 Å². The van der Waals surface area contributed by atoms with E-state index in [1.807, 2.05) is 0 Å². The maximum absolute atomic E-state index is 13.6. The molecule has 2 aromatic rings. The van der Waals surface area contributed by atoms with E-state index in [2.05, 4.69) is 0 Å². The molecule has 0 aliphatic carbocycles. The summed E-state index contributed by atoms with van der Waals surface area (Å²) in [6, 6.07) is 5.24. The molecule has 0 bridgehead atoms. The number of nitrogens with zero attached hydrogens (tertiary/aromatic N) is 1. The SMILES string of the molecule is N=c1c(C(N)=O)cc(Cl)cn1Cc1cc(F)cc(CS(=O)O)c1. The highest BCUT2D eigenvalue weighted by Crippen LogP contribution is 2.14. The molecule has 1 amide bonds. The molecule has 9 heteroatoms. The van der Waals surface area contributed by atoms with Gasteiger partial charge in [-0.25, -0.2) is 8.60 Å². The maximum atomic E-state index is 13.6. The Labute approximate surface area is 138 Å². The third-order valence-electron chi connectivity index (χ3n) is 3.03. The Morgan fingerprint density at radius 1 is 1.35 bits per heavy atom. The second-order valence-electron chi connectivity index (χ2n) is 4.85. The van der Waals surface area contributed by atoms with E-state index in [-0.39, 0.29) is 28.4 Å². The molecule has 1 aromatic heterocycles. The van der Waals surface area contributed by atoms with Gasteiger partial charge in [0, 0.05) is 12.7 Å². The number of halogens is 2. The van der Waals surface area contributed by atoms with Gasteiger partial charge in [-0.1, -0.05) is 17.7 Å². The summed E-state index contributed by atoms with van der Waals surface area (Å²) in [7, 11) is 0. The zero-order valence-electron chi connectivity index (χ0n) is 11.8. The van der Waals surface area contributed by atoms with E-state index in [0.29, 0.717) is 11.1 Å². The molecule has 1 unspecified atom stereocenters. The molecule has 1 atom stereocenters. The number of benzene rings is 1. The van der Waals surface area contributed by atoms with Crippen LogP contribution in [0.2, 0.25) is 5.02 Å². The Balaban J connectivity index is 2.43. The van der Waals surface area contributed by atoms with Crippen LogP contribution < -0.4 is 11.2 Å². The lowest BCUT2D eigenvalue weighted by atomic mass is 10.1. The molecule has 1 heterocycles. The molecule has 122 valence electrons. The minimum Gasteiger partial charge on any atom is -0.365 e. The number of hydrogen-bond acceptors (Lipinski definition) is 3. The first kappa shape index (κ1) is 17.3. The van der Waals surface area contributed by atoms with E-state index in [1.54, 1.807) is 6.07 Å². The number of amides is 1. The number of pyridine rings is 1. The molecule has 0 spiro atoms. The molecule has 6 nitrogen and oxygen atoms in total. The molecule has 0 aliphatic rings. The van der Waals surface area contributed by atoms with Crippen molar-refractivity contribution in [2.45, 2.75) is 12.3 Å². The third kappa shape index (κ3) is 4.47. The molecular formula is C14H13ClFN3O3S. The Bertz CT molecular complexity index is 854. The van der Waals surface area contributed by atoms with Gasteiger partial charge < -0.3 is 14.9 Å². The second-order valence-corrected chi connectivity index (χ2v) is 6.21. The van der Waals surface area contributed by atoms with Crippen molar-refractivity contribution in [2.75, 3.05) is 0 Å². The summed E-state index contributed by atoms with van der Waals surface area (Å²) >= 11 is 3.81. The average molecular weight is 358 g/mol. The molecule has 4 N–H and O–H groups in total. The van der Waals surface area contributed by atoms with Crippen LogP contribution in [0.3, 0.4) is 0 Å². The third-order valence-corrected chi connectivity index (χ3v) is 3.82. The van der Waals surface area contributed by atoms with Gasteiger partial charge in [0.1, 0.15) is 11.3 Å². The zero-order chi connectivity index (χ0) is 17.1. The Morgan fingerprint density at radius 3 is 2.61 bits per heavy atom. The number of carbonyl (C=O) groups is 1. The van der Waals surface area contributed by atoms with Gasteiger partial charge >= 0.3 is 0 Å². The minimum atomic E-state index is -2.09. The average Bonchev–Trinajstić information content (AvgIpc) is 2.40. The van der Waals surface area contributed by atoms with Crippen molar-refractivity contribution in [3.63, 3.8) is 0 Å². The van der Waals surface area contributed by atoms with Gasteiger partial charge in [0.25, 0.3) is 5.91 Å². The van der Waals surface area contributed by atoms with Crippen molar-refractivity contribution in [1.29, 1.82) is 5.41 Å². The summed E-state index contributed by atoms with van der Waals surface area (Å²) in [6.07, 6.45) is 1.42. The van der Waals surface area contributed by atoms with Crippen LogP contribution in [-0.4, -0.2) is 19.2 Å². The number of carbonyl (C=O) groups excluding carboxylic acids is 1. The van der Waals surface area contributed by atoms with Crippen molar-refractivity contribution in [1.82, 2.24) is 4.57 Å². The van der Waals surface area contributed by atoms with Gasteiger partial charge in [0.2, 0.25) is 0 Å². The van der Waals surface area contributed by atoms with Crippen molar-refractivity contribution in [2.24, 2.45) is 5.73 Å². The fraction of sp³-hybridized carbons (Fsp3) is 0.143. The summed E-state index contributed by atoms with van der Waals surface area (Å²) in [4.78, 5) is 11.3. The van der Waals surface area contributed by atoms with Crippen LogP contribution in [0, 0.1) is 11.2 Å². The van der Waals surface area contributed by atoms with E-state index in [0.717, 1.165) is 6.07 Å². The van der Waals surface area contributed by atoms with E-state index in [4.69, 9.17) is 27.3 Å². The number of hydrogen-bond donors (Lipinski definition) is 3.